The minimum Gasteiger partial charge on any atom is -0.375 e. The summed E-state index contributed by atoms with van der Waals surface area (Å²) in [5.74, 6) is 0. The Kier molecular flexibility index (Phi) is 5.98. The van der Waals surface area contributed by atoms with Crippen molar-refractivity contribution in [3.05, 3.63) is 71.3 Å². The zero-order chi connectivity index (χ0) is 15.8. The molecular formula is C18H22N2O2. The number of ether oxygens (including phenoxy) is 1. The van der Waals surface area contributed by atoms with Crippen molar-refractivity contribution in [3.8, 4) is 0 Å². The Morgan fingerprint density at radius 3 is 2.55 bits per heavy atom. The highest BCUT2D eigenvalue weighted by Crippen LogP contribution is 2.14. The molecule has 22 heavy (non-hydrogen) atoms. The molecule has 1 unspecified atom stereocenters. The second kappa shape index (κ2) is 8.20. The minimum absolute atomic E-state index is 0.147. The fourth-order valence-electron chi connectivity index (χ4n) is 2.26. The number of hydrogen-bond acceptors (Lipinski definition) is 2. The molecule has 0 radical (unpaired) electrons. The summed E-state index contributed by atoms with van der Waals surface area (Å²) in [6, 6.07) is 17.7. The second-order valence-corrected chi connectivity index (χ2v) is 5.19. The fourth-order valence-corrected chi connectivity index (χ4v) is 2.26. The lowest BCUT2D eigenvalue weighted by Crippen LogP contribution is -2.37. The summed E-state index contributed by atoms with van der Waals surface area (Å²) in [5, 5.41) is 5.69. The van der Waals surface area contributed by atoms with Crippen molar-refractivity contribution in [3.63, 3.8) is 0 Å². The average Bonchev–Trinajstić information content (AvgIpc) is 2.54. The van der Waals surface area contributed by atoms with E-state index in [1.165, 1.54) is 5.56 Å². The smallest absolute Gasteiger partial charge is 0.315 e. The predicted octanol–water partition coefficient (Wildman–Crippen LogP) is 3.18. The zero-order valence-electron chi connectivity index (χ0n) is 13.0. The van der Waals surface area contributed by atoms with E-state index in [-0.39, 0.29) is 12.1 Å². The van der Waals surface area contributed by atoms with Gasteiger partial charge in [-0.3, -0.25) is 0 Å². The van der Waals surface area contributed by atoms with E-state index in [2.05, 4.69) is 16.7 Å². The number of hydrogen-bond donors (Lipinski definition) is 2. The number of methoxy groups -OCH3 is 1. The van der Waals surface area contributed by atoms with Crippen LogP contribution < -0.4 is 10.6 Å². The SMILES string of the molecule is COC(CNC(=O)NCc1cccc(C)c1)c1ccccc1. The molecule has 0 saturated carbocycles. The molecule has 0 fully saturated rings. The molecule has 2 aromatic carbocycles. The Morgan fingerprint density at radius 1 is 1.09 bits per heavy atom. The monoisotopic (exact) mass is 298 g/mol. The van der Waals surface area contributed by atoms with Gasteiger partial charge < -0.3 is 15.4 Å². The first-order valence-corrected chi connectivity index (χ1v) is 7.34. The molecule has 2 amide bonds. The number of benzene rings is 2. The van der Waals surface area contributed by atoms with Crippen LogP contribution in [0.3, 0.4) is 0 Å². The largest absolute Gasteiger partial charge is 0.375 e. The molecule has 2 N–H and O–H groups in total. The van der Waals surface area contributed by atoms with Crippen molar-refractivity contribution in [2.75, 3.05) is 13.7 Å². The van der Waals surface area contributed by atoms with E-state index in [0.717, 1.165) is 11.1 Å². The Hall–Kier alpha value is -2.33. The molecule has 1 atom stereocenters. The fraction of sp³-hybridized carbons (Fsp3) is 0.278. The van der Waals surface area contributed by atoms with Crippen LogP contribution in [0.5, 0.6) is 0 Å². The molecule has 2 rings (SSSR count). The first-order chi connectivity index (χ1) is 10.7. The van der Waals surface area contributed by atoms with Gasteiger partial charge in [0.05, 0.1) is 6.10 Å². The molecule has 4 heteroatoms. The first-order valence-electron chi connectivity index (χ1n) is 7.34. The van der Waals surface area contributed by atoms with Gasteiger partial charge in [0.2, 0.25) is 0 Å². The number of nitrogens with one attached hydrogen (secondary N) is 2. The first kappa shape index (κ1) is 16.0. The average molecular weight is 298 g/mol. The normalized spacial score (nSPS) is 11.7. The molecule has 0 heterocycles. The van der Waals surface area contributed by atoms with Crippen molar-refractivity contribution in [2.24, 2.45) is 0 Å². The van der Waals surface area contributed by atoms with Crippen LogP contribution in [0.25, 0.3) is 0 Å². The third-order valence-electron chi connectivity index (χ3n) is 3.44. The summed E-state index contributed by atoms with van der Waals surface area (Å²) in [4.78, 5) is 11.9. The number of aryl methyl sites for hydroxylation is 1. The number of amides is 2. The summed E-state index contributed by atoms with van der Waals surface area (Å²) in [6.45, 7) is 2.98. The van der Waals surface area contributed by atoms with Crippen molar-refractivity contribution in [1.29, 1.82) is 0 Å². The van der Waals surface area contributed by atoms with Crippen LogP contribution >= 0.6 is 0 Å². The van der Waals surface area contributed by atoms with Gasteiger partial charge in [-0.2, -0.15) is 0 Å². The van der Waals surface area contributed by atoms with Gasteiger partial charge in [-0.15, -0.1) is 0 Å². The van der Waals surface area contributed by atoms with Gasteiger partial charge in [-0.05, 0) is 18.1 Å². The van der Waals surface area contributed by atoms with Crippen molar-refractivity contribution in [1.82, 2.24) is 10.6 Å². The molecule has 0 bridgehead atoms. The van der Waals surface area contributed by atoms with Crippen LogP contribution in [-0.2, 0) is 11.3 Å². The predicted molar refractivity (Wildman–Crippen MR) is 87.6 cm³/mol. The van der Waals surface area contributed by atoms with Gasteiger partial charge >= 0.3 is 6.03 Å². The Labute approximate surface area is 131 Å². The van der Waals surface area contributed by atoms with E-state index in [1.807, 2.05) is 55.5 Å². The van der Waals surface area contributed by atoms with E-state index in [1.54, 1.807) is 7.11 Å². The van der Waals surface area contributed by atoms with Gasteiger partial charge in [0.25, 0.3) is 0 Å². The van der Waals surface area contributed by atoms with Gasteiger partial charge in [0.1, 0.15) is 0 Å². The van der Waals surface area contributed by atoms with Crippen LogP contribution in [0.15, 0.2) is 54.6 Å². The third kappa shape index (κ3) is 4.90. The molecule has 4 nitrogen and oxygen atoms in total. The maximum atomic E-state index is 11.9. The molecule has 0 aliphatic rings. The van der Waals surface area contributed by atoms with E-state index >= 15 is 0 Å². The lowest BCUT2D eigenvalue weighted by atomic mass is 10.1. The lowest BCUT2D eigenvalue weighted by Gasteiger charge is -2.16. The molecule has 0 saturated heterocycles. The number of carbonyl (C=O) groups excluding carboxylic acids is 1. The quantitative estimate of drug-likeness (QED) is 0.860. The number of carbonyl (C=O) groups is 1. The lowest BCUT2D eigenvalue weighted by molar-refractivity contribution is 0.104. The van der Waals surface area contributed by atoms with Crippen LogP contribution in [0.4, 0.5) is 4.79 Å². The van der Waals surface area contributed by atoms with Crippen molar-refractivity contribution < 1.29 is 9.53 Å². The molecular weight excluding hydrogens is 276 g/mol. The number of urea groups is 1. The summed E-state index contributed by atoms with van der Waals surface area (Å²) in [7, 11) is 1.64. The summed E-state index contributed by atoms with van der Waals surface area (Å²) >= 11 is 0. The molecule has 2 aromatic rings. The summed E-state index contributed by atoms with van der Waals surface area (Å²) in [6.07, 6.45) is -0.147. The van der Waals surface area contributed by atoms with Gasteiger partial charge in [-0.25, -0.2) is 4.79 Å². The molecule has 116 valence electrons. The Morgan fingerprint density at radius 2 is 1.86 bits per heavy atom. The van der Waals surface area contributed by atoms with E-state index in [9.17, 15) is 4.79 Å². The van der Waals surface area contributed by atoms with Crippen LogP contribution in [0, 0.1) is 6.92 Å². The molecule has 0 aliphatic carbocycles. The highest BCUT2D eigenvalue weighted by atomic mass is 16.5. The van der Waals surface area contributed by atoms with E-state index in [0.29, 0.717) is 13.1 Å². The number of rotatable bonds is 6. The zero-order valence-corrected chi connectivity index (χ0v) is 13.0. The van der Waals surface area contributed by atoms with Crippen LogP contribution in [-0.4, -0.2) is 19.7 Å². The summed E-state index contributed by atoms with van der Waals surface area (Å²) in [5.41, 5.74) is 3.31. The Bertz CT molecular complexity index is 599. The Balaban J connectivity index is 1.79. The van der Waals surface area contributed by atoms with Gasteiger partial charge in [-0.1, -0.05) is 60.2 Å². The third-order valence-corrected chi connectivity index (χ3v) is 3.44. The highest BCUT2D eigenvalue weighted by molar-refractivity contribution is 5.73. The van der Waals surface area contributed by atoms with Crippen molar-refractivity contribution >= 4 is 6.03 Å². The van der Waals surface area contributed by atoms with Crippen LogP contribution in [0.2, 0.25) is 0 Å². The second-order valence-electron chi connectivity index (χ2n) is 5.19. The standard InChI is InChI=1S/C18H22N2O2/c1-14-7-6-8-15(11-14)12-19-18(21)20-13-17(22-2)16-9-4-3-5-10-16/h3-11,17H,12-13H2,1-2H3,(H2,19,20,21). The summed E-state index contributed by atoms with van der Waals surface area (Å²) < 4.78 is 5.42. The molecule has 0 spiro atoms. The highest BCUT2D eigenvalue weighted by Gasteiger charge is 2.11. The van der Waals surface area contributed by atoms with E-state index in [4.69, 9.17) is 4.74 Å². The van der Waals surface area contributed by atoms with Crippen molar-refractivity contribution in [2.45, 2.75) is 19.6 Å². The van der Waals surface area contributed by atoms with Crippen LogP contribution in [0.1, 0.15) is 22.8 Å². The van der Waals surface area contributed by atoms with E-state index < -0.39 is 0 Å². The van der Waals surface area contributed by atoms with Gasteiger partial charge in [0, 0.05) is 20.2 Å². The molecule has 0 aliphatic heterocycles. The maximum absolute atomic E-state index is 11.9. The minimum atomic E-state index is -0.195. The van der Waals surface area contributed by atoms with Gasteiger partial charge in [0.15, 0.2) is 0 Å². The topological polar surface area (TPSA) is 50.4 Å². The molecule has 0 aromatic heterocycles. The maximum Gasteiger partial charge on any atom is 0.315 e.